The fraction of sp³-hybridized carbons (Fsp3) is 0. The summed E-state index contributed by atoms with van der Waals surface area (Å²) in [4.78, 5) is -0.882. The monoisotopic (exact) mass is 294 g/mol. The summed E-state index contributed by atoms with van der Waals surface area (Å²) in [6.45, 7) is 0. The van der Waals surface area contributed by atoms with Crippen molar-refractivity contribution < 1.29 is 26.3 Å². The van der Waals surface area contributed by atoms with Crippen LogP contribution in [0.5, 0.6) is 0 Å². The van der Waals surface area contributed by atoms with Crippen LogP contribution in [0.25, 0.3) is 0 Å². The van der Waals surface area contributed by atoms with E-state index in [0.717, 1.165) is 0 Å². The van der Waals surface area contributed by atoms with Crippen LogP contribution in [0.3, 0.4) is 0 Å². The summed E-state index contributed by atoms with van der Waals surface area (Å²) in [5.74, 6) is -7.71. The van der Waals surface area contributed by atoms with E-state index in [9.17, 15) is 26.3 Å². The topological polar surface area (TPSA) is 0 Å². The Kier molecular flexibility index (Phi) is 3.75. The minimum atomic E-state index is -1.40. The van der Waals surface area contributed by atoms with Crippen LogP contribution < -0.4 is 0 Å². The molecule has 0 bridgehead atoms. The van der Waals surface area contributed by atoms with E-state index in [-0.39, 0.29) is 12.1 Å². The highest BCUT2D eigenvalue weighted by molar-refractivity contribution is 7.99. The van der Waals surface area contributed by atoms with Gasteiger partial charge in [-0.25, -0.2) is 26.3 Å². The van der Waals surface area contributed by atoms with Crippen molar-refractivity contribution in [3.8, 4) is 0 Å². The molecule has 2 aromatic carbocycles. The van der Waals surface area contributed by atoms with Gasteiger partial charge in [0.15, 0.2) is 23.3 Å². The third-order valence-electron chi connectivity index (χ3n) is 2.17. The van der Waals surface area contributed by atoms with E-state index < -0.39 is 44.7 Å². The highest BCUT2D eigenvalue weighted by Crippen LogP contribution is 2.33. The Labute approximate surface area is 108 Å². The van der Waals surface area contributed by atoms with Gasteiger partial charge in [-0.1, -0.05) is 11.8 Å². The Morgan fingerprint density at radius 3 is 1.16 bits per heavy atom. The van der Waals surface area contributed by atoms with E-state index in [1.54, 1.807) is 0 Å². The van der Waals surface area contributed by atoms with Gasteiger partial charge in [0, 0.05) is 12.1 Å². The smallest absolute Gasteiger partial charge is 0.161 e. The molecule has 100 valence electrons. The SMILES string of the molecule is Fc1cc(F)c(Sc2cc(F)c(F)cc2F)cc1F. The highest BCUT2D eigenvalue weighted by Gasteiger charge is 2.15. The second kappa shape index (κ2) is 5.16. The lowest BCUT2D eigenvalue weighted by Gasteiger charge is -2.06. The van der Waals surface area contributed by atoms with Crippen LogP contribution in [0, 0.1) is 34.9 Å². The van der Waals surface area contributed by atoms with Crippen molar-refractivity contribution in [3.05, 3.63) is 59.2 Å². The van der Waals surface area contributed by atoms with Crippen LogP contribution in [0.1, 0.15) is 0 Å². The first kappa shape index (κ1) is 13.8. The van der Waals surface area contributed by atoms with Gasteiger partial charge in [-0.05, 0) is 12.1 Å². The number of hydrogen-bond donors (Lipinski definition) is 0. The molecule has 0 saturated carbocycles. The van der Waals surface area contributed by atoms with Crippen molar-refractivity contribution in [2.75, 3.05) is 0 Å². The molecule has 0 aliphatic heterocycles. The third kappa shape index (κ3) is 2.86. The maximum atomic E-state index is 13.3. The van der Waals surface area contributed by atoms with Crippen LogP contribution in [0.15, 0.2) is 34.1 Å². The fourth-order valence-corrected chi connectivity index (χ4v) is 2.16. The second-order valence-corrected chi connectivity index (χ2v) is 4.58. The maximum absolute atomic E-state index is 13.3. The molecule has 0 saturated heterocycles. The Bertz CT molecular complexity index is 585. The van der Waals surface area contributed by atoms with Gasteiger partial charge in [0.1, 0.15) is 11.6 Å². The Balaban J connectivity index is 2.42. The summed E-state index contributed by atoms with van der Waals surface area (Å²) < 4.78 is 77.8. The molecule has 7 heteroatoms. The molecule has 0 heterocycles. The molecule has 0 spiro atoms. The van der Waals surface area contributed by atoms with E-state index >= 15 is 0 Å². The molecule has 0 aliphatic rings. The van der Waals surface area contributed by atoms with Gasteiger partial charge in [-0.3, -0.25) is 0 Å². The summed E-state index contributed by atoms with van der Waals surface area (Å²) in [7, 11) is 0. The lowest BCUT2D eigenvalue weighted by molar-refractivity contribution is 0.483. The Morgan fingerprint density at radius 1 is 0.474 bits per heavy atom. The van der Waals surface area contributed by atoms with Gasteiger partial charge in [0.2, 0.25) is 0 Å². The minimum absolute atomic E-state index is 0.287. The lowest BCUT2D eigenvalue weighted by atomic mass is 10.3. The molecule has 0 aliphatic carbocycles. The first-order valence-corrected chi connectivity index (χ1v) is 5.67. The van der Waals surface area contributed by atoms with Crippen LogP contribution >= 0.6 is 11.8 Å². The first-order valence-electron chi connectivity index (χ1n) is 4.85. The summed E-state index contributed by atoms with van der Waals surface area (Å²) in [5.41, 5.74) is 0. The minimum Gasteiger partial charge on any atom is -0.206 e. The van der Waals surface area contributed by atoms with Crippen LogP contribution in [0.4, 0.5) is 26.3 Å². The largest absolute Gasteiger partial charge is 0.206 e. The molecule has 0 N–H and O–H groups in total. The zero-order chi connectivity index (χ0) is 14.2. The van der Waals surface area contributed by atoms with Gasteiger partial charge >= 0.3 is 0 Å². The van der Waals surface area contributed by atoms with Gasteiger partial charge in [0.25, 0.3) is 0 Å². The quantitative estimate of drug-likeness (QED) is 0.573. The summed E-state index contributed by atoms with van der Waals surface area (Å²) in [6, 6.07) is 1.59. The molecule has 0 aromatic heterocycles. The average molecular weight is 294 g/mol. The predicted octanol–water partition coefficient (Wildman–Crippen LogP) is 4.67. The maximum Gasteiger partial charge on any atom is 0.161 e. The van der Waals surface area contributed by atoms with E-state index in [2.05, 4.69) is 0 Å². The summed E-state index contributed by atoms with van der Waals surface area (Å²) >= 11 is 0.323. The molecule has 0 amide bonds. The molecule has 2 aromatic rings. The zero-order valence-electron chi connectivity index (χ0n) is 8.99. The van der Waals surface area contributed by atoms with Gasteiger partial charge < -0.3 is 0 Å². The average Bonchev–Trinajstić information content (AvgIpc) is 2.32. The molecule has 0 nitrogen and oxygen atoms in total. The van der Waals surface area contributed by atoms with E-state index in [1.165, 1.54) is 0 Å². The Morgan fingerprint density at radius 2 is 0.789 bits per heavy atom. The summed E-state index contributed by atoms with van der Waals surface area (Å²) in [5, 5.41) is 0. The molecule has 0 fully saturated rings. The number of halogens is 6. The zero-order valence-corrected chi connectivity index (χ0v) is 9.80. The molecule has 0 atom stereocenters. The number of hydrogen-bond acceptors (Lipinski definition) is 1. The molecule has 2 rings (SSSR count). The van der Waals surface area contributed by atoms with Gasteiger partial charge in [-0.2, -0.15) is 0 Å². The molecule has 0 unspecified atom stereocenters. The normalized spacial score (nSPS) is 10.8. The predicted molar refractivity (Wildman–Crippen MR) is 56.8 cm³/mol. The third-order valence-corrected chi connectivity index (χ3v) is 3.24. The van der Waals surface area contributed by atoms with Crippen molar-refractivity contribution in [1.82, 2.24) is 0 Å². The standard InChI is InChI=1S/C12H4F6S/c13-5-1-9(17)11(3-7(5)15)19-12-4-8(16)6(14)2-10(12)18/h1-4H. The van der Waals surface area contributed by atoms with Crippen molar-refractivity contribution in [2.45, 2.75) is 9.79 Å². The number of benzene rings is 2. The van der Waals surface area contributed by atoms with Crippen LogP contribution in [-0.4, -0.2) is 0 Å². The van der Waals surface area contributed by atoms with Crippen LogP contribution in [0.2, 0.25) is 0 Å². The van der Waals surface area contributed by atoms with Crippen LogP contribution in [-0.2, 0) is 0 Å². The van der Waals surface area contributed by atoms with Gasteiger partial charge in [-0.15, -0.1) is 0 Å². The Hall–Kier alpha value is -1.63. The molecular formula is C12H4F6S. The fourth-order valence-electron chi connectivity index (χ4n) is 1.28. The van der Waals surface area contributed by atoms with Crippen molar-refractivity contribution >= 4 is 11.8 Å². The van der Waals surface area contributed by atoms with Crippen molar-refractivity contribution in [3.63, 3.8) is 0 Å². The van der Waals surface area contributed by atoms with Gasteiger partial charge in [0.05, 0.1) is 9.79 Å². The molecular weight excluding hydrogens is 290 g/mol. The van der Waals surface area contributed by atoms with E-state index in [4.69, 9.17) is 0 Å². The lowest BCUT2D eigenvalue weighted by Crippen LogP contribution is -1.93. The number of rotatable bonds is 2. The van der Waals surface area contributed by atoms with E-state index in [1.807, 2.05) is 0 Å². The van der Waals surface area contributed by atoms with E-state index in [0.29, 0.717) is 23.9 Å². The molecule has 19 heavy (non-hydrogen) atoms. The summed E-state index contributed by atoms with van der Waals surface area (Å²) in [6.07, 6.45) is 0. The second-order valence-electron chi connectivity index (χ2n) is 3.50. The van der Waals surface area contributed by atoms with Crippen molar-refractivity contribution in [1.29, 1.82) is 0 Å². The molecule has 0 radical (unpaired) electrons. The highest BCUT2D eigenvalue weighted by atomic mass is 32.2. The van der Waals surface area contributed by atoms with Crippen molar-refractivity contribution in [2.24, 2.45) is 0 Å². The first-order chi connectivity index (χ1) is 8.88.